The number of benzene rings is 2. The number of fused-ring (bicyclic) bond motifs is 1. The molecule has 0 bridgehead atoms. The predicted molar refractivity (Wildman–Crippen MR) is 103 cm³/mol. The van der Waals surface area contributed by atoms with E-state index in [-0.39, 0.29) is 5.91 Å². The van der Waals surface area contributed by atoms with Crippen molar-refractivity contribution in [3.63, 3.8) is 0 Å². The van der Waals surface area contributed by atoms with Crippen molar-refractivity contribution in [1.29, 1.82) is 0 Å². The third-order valence-corrected chi connectivity index (χ3v) is 4.93. The quantitative estimate of drug-likeness (QED) is 0.665. The molecule has 5 nitrogen and oxygen atoms in total. The second-order valence-corrected chi connectivity index (χ2v) is 6.79. The predicted octanol–water partition coefficient (Wildman–Crippen LogP) is 2.93. The number of methoxy groups -OCH3 is 2. The van der Waals surface area contributed by atoms with E-state index >= 15 is 0 Å². The van der Waals surface area contributed by atoms with Gasteiger partial charge < -0.3 is 14.8 Å². The van der Waals surface area contributed by atoms with Crippen LogP contribution in [0.25, 0.3) is 10.8 Å². The zero-order valence-corrected chi connectivity index (χ0v) is 15.6. The molecule has 1 fully saturated rings. The van der Waals surface area contributed by atoms with E-state index in [1.807, 2.05) is 0 Å². The Hall–Kier alpha value is -1.95. The summed E-state index contributed by atoms with van der Waals surface area (Å²) in [4.78, 5) is 14.6. The molecule has 0 saturated heterocycles. The smallest absolute Gasteiger partial charge is 0.221 e. The highest BCUT2D eigenvalue weighted by Crippen LogP contribution is 2.30. The lowest BCUT2D eigenvalue weighted by Gasteiger charge is -2.23. The molecule has 0 heterocycles. The summed E-state index contributed by atoms with van der Waals surface area (Å²) in [6.45, 7) is 2.03. The first-order valence-corrected chi connectivity index (χ1v) is 9.24. The monoisotopic (exact) mass is 356 g/mol. The molecule has 2 aromatic rings. The summed E-state index contributed by atoms with van der Waals surface area (Å²) >= 11 is 0. The molecule has 0 atom stereocenters. The van der Waals surface area contributed by atoms with Crippen molar-refractivity contribution in [2.24, 2.45) is 0 Å². The van der Waals surface area contributed by atoms with Gasteiger partial charge in [0, 0.05) is 39.8 Å². The topological polar surface area (TPSA) is 50.8 Å². The molecule has 2 aromatic carbocycles. The highest BCUT2D eigenvalue weighted by molar-refractivity contribution is 5.85. The van der Waals surface area contributed by atoms with Crippen LogP contribution in [-0.2, 0) is 20.8 Å². The average molecular weight is 356 g/mol. The van der Waals surface area contributed by atoms with E-state index in [1.54, 1.807) is 14.2 Å². The lowest BCUT2D eigenvalue weighted by atomic mass is 10.0. The lowest BCUT2D eigenvalue weighted by molar-refractivity contribution is -0.127. The molecular weight excluding hydrogens is 328 g/mol. The number of nitrogens with zero attached hydrogens (tertiary/aromatic N) is 1. The number of hydrogen-bond donors (Lipinski definition) is 1. The third-order valence-electron chi connectivity index (χ3n) is 4.93. The Morgan fingerprint density at radius 2 is 1.88 bits per heavy atom. The largest absolute Gasteiger partial charge is 0.354 e. The van der Waals surface area contributed by atoms with E-state index in [1.165, 1.54) is 29.2 Å². The van der Waals surface area contributed by atoms with Gasteiger partial charge in [-0.2, -0.15) is 0 Å². The van der Waals surface area contributed by atoms with Crippen LogP contribution in [0.5, 0.6) is 0 Å². The molecule has 3 rings (SSSR count). The first-order valence-electron chi connectivity index (χ1n) is 9.24. The summed E-state index contributed by atoms with van der Waals surface area (Å²) < 4.78 is 10.2. The fraction of sp³-hybridized carbons (Fsp3) is 0.476. The van der Waals surface area contributed by atoms with Gasteiger partial charge in [-0.15, -0.1) is 0 Å². The van der Waals surface area contributed by atoms with Crippen LogP contribution in [0.1, 0.15) is 24.8 Å². The summed E-state index contributed by atoms with van der Waals surface area (Å²) in [6.07, 6.45) is 2.54. The van der Waals surface area contributed by atoms with E-state index < -0.39 is 6.29 Å². The number of rotatable bonds is 10. The van der Waals surface area contributed by atoms with Gasteiger partial charge in [-0.05, 0) is 29.2 Å². The summed E-state index contributed by atoms with van der Waals surface area (Å²) in [7, 11) is 3.14. The van der Waals surface area contributed by atoms with Crippen molar-refractivity contribution >= 4 is 16.7 Å². The maximum atomic E-state index is 12.1. The van der Waals surface area contributed by atoms with Crippen LogP contribution in [-0.4, -0.2) is 50.4 Å². The van der Waals surface area contributed by atoms with Crippen molar-refractivity contribution in [1.82, 2.24) is 10.2 Å². The lowest BCUT2D eigenvalue weighted by Crippen LogP contribution is -2.36. The van der Waals surface area contributed by atoms with Crippen LogP contribution in [0.4, 0.5) is 0 Å². The molecule has 0 radical (unpaired) electrons. The first-order chi connectivity index (χ1) is 12.7. The fourth-order valence-corrected chi connectivity index (χ4v) is 3.27. The van der Waals surface area contributed by atoms with Gasteiger partial charge in [0.05, 0.1) is 6.54 Å². The van der Waals surface area contributed by atoms with Crippen LogP contribution in [0, 0.1) is 0 Å². The van der Waals surface area contributed by atoms with Crippen molar-refractivity contribution in [2.75, 3.05) is 27.3 Å². The highest BCUT2D eigenvalue weighted by Gasteiger charge is 2.29. The Kier molecular flexibility index (Phi) is 6.61. The fourth-order valence-electron chi connectivity index (χ4n) is 3.27. The average Bonchev–Trinajstić information content (AvgIpc) is 3.51. The molecule has 0 aliphatic heterocycles. The Morgan fingerprint density at radius 3 is 2.62 bits per heavy atom. The summed E-state index contributed by atoms with van der Waals surface area (Å²) in [6, 6.07) is 15.5. The van der Waals surface area contributed by atoms with Crippen molar-refractivity contribution in [3.05, 3.63) is 48.0 Å². The SMILES string of the molecule is COC(CNC(=O)CCN(Cc1cccc2ccccc12)C1CC1)OC. The Morgan fingerprint density at radius 1 is 1.15 bits per heavy atom. The summed E-state index contributed by atoms with van der Waals surface area (Å²) in [5.74, 6) is 0.0349. The molecular formula is C21H28N2O3. The van der Waals surface area contributed by atoms with Gasteiger partial charge in [0.15, 0.2) is 6.29 Å². The molecule has 1 N–H and O–H groups in total. The van der Waals surface area contributed by atoms with Crippen LogP contribution in [0.15, 0.2) is 42.5 Å². The standard InChI is InChI=1S/C21H28N2O3/c1-25-21(26-2)14-22-20(24)12-13-23(18-10-11-18)15-17-8-5-7-16-6-3-4-9-19(16)17/h3-9,18,21H,10-15H2,1-2H3,(H,22,24). The van der Waals surface area contributed by atoms with Crippen molar-refractivity contribution in [2.45, 2.75) is 38.1 Å². The minimum Gasteiger partial charge on any atom is -0.354 e. The number of ether oxygens (including phenoxy) is 2. The summed E-state index contributed by atoms with van der Waals surface area (Å²) in [5.41, 5.74) is 1.33. The number of hydrogen-bond acceptors (Lipinski definition) is 4. The van der Waals surface area contributed by atoms with E-state index in [0.29, 0.717) is 19.0 Å². The molecule has 140 valence electrons. The number of amides is 1. The Bertz CT molecular complexity index is 721. The second-order valence-electron chi connectivity index (χ2n) is 6.79. The van der Waals surface area contributed by atoms with Gasteiger partial charge in [0.2, 0.25) is 5.91 Å². The minimum atomic E-state index is -0.394. The van der Waals surface area contributed by atoms with Crippen LogP contribution in [0.2, 0.25) is 0 Å². The third kappa shape index (κ3) is 5.04. The van der Waals surface area contributed by atoms with Crippen LogP contribution < -0.4 is 5.32 Å². The normalized spacial score (nSPS) is 14.3. The van der Waals surface area contributed by atoms with Crippen molar-refractivity contribution < 1.29 is 14.3 Å². The number of carbonyl (C=O) groups excluding carboxylic acids is 1. The Balaban J connectivity index is 1.57. The van der Waals surface area contributed by atoms with Gasteiger partial charge in [-0.1, -0.05) is 42.5 Å². The van der Waals surface area contributed by atoms with E-state index in [0.717, 1.165) is 13.1 Å². The van der Waals surface area contributed by atoms with Crippen LogP contribution >= 0.6 is 0 Å². The molecule has 0 spiro atoms. The van der Waals surface area contributed by atoms with Gasteiger partial charge in [0.25, 0.3) is 0 Å². The number of carbonyl (C=O) groups is 1. The molecule has 5 heteroatoms. The maximum Gasteiger partial charge on any atom is 0.221 e. The molecule has 1 saturated carbocycles. The first kappa shape index (κ1) is 18.8. The molecule has 26 heavy (non-hydrogen) atoms. The molecule has 1 aliphatic carbocycles. The molecule has 0 unspecified atom stereocenters. The Labute approximate surface area is 155 Å². The zero-order chi connectivity index (χ0) is 18.4. The highest BCUT2D eigenvalue weighted by atomic mass is 16.7. The van der Waals surface area contributed by atoms with Crippen molar-refractivity contribution in [3.8, 4) is 0 Å². The van der Waals surface area contributed by atoms with E-state index in [9.17, 15) is 4.79 Å². The summed E-state index contributed by atoms with van der Waals surface area (Å²) in [5, 5.41) is 5.44. The minimum absolute atomic E-state index is 0.0349. The number of nitrogens with one attached hydrogen (secondary N) is 1. The maximum absolute atomic E-state index is 12.1. The molecule has 1 aliphatic rings. The second kappa shape index (κ2) is 9.12. The van der Waals surface area contributed by atoms with E-state index in [4.69, 9.17) is 9.47 Å². The van der Waals surface area contributed by atoms with Gasteiger partial charge in [0.1, 0.15) is 0 Å². The van der Waals surface area contributed by atoms with Gasteiger partial charge in [-0.3, -0.25) is 9.69 Å². The molecule has 1 amide bonds. The molecule has 0 aromatic heterocycles. The van der Waals surface area contributed by atoms with Gasteiger partial charge in [-0.25, -0.2) is 0 Å². The van der Waals surface area contributed by atoms with Crippen LogP contribution in [0.3, 0.4) is 0 Å². The zero-order valence-electron chi connectivity index (χ0n) is 15.6. The van der Waals surface area contributed by atoms with E-state index in [2.05, 4.69) is 52.7 Å². The van der Waals surface area contributed by atoms with Gasteiger partial charge >= 0.3 is 0 Å².